The Bertz CT molecular complexity index is 637. The number of carboxylic acid groups (broad SMARTS) is 1. The fourth-order valence-corrected chi connectivity index (χ4v) is 2.92. The molecule has 1 atom stereocenters. The standard InChI is InChI=1S/C17H16O3S/c1-12(21-14-8-3-2-4-9-14)16(18)11-13-7-5-6-10-15(13)17(19)20/h2-10,12H,11H2,1H3,(H,19,20). The van der Waals surface area contributed by atoms with Crippen molar-refractivity contribution < 1.29 is 14.7 Å². The SMILES string of the molecule is CC(Sc1ccccc1)C(=O)Cc1ccccc1C(=O)O. The van der Waals surface area contributed by atoms with Gasteiger partial charge in [-0.3, -0.25) is 4.79 Å². The molecule has 0 spiro atoms. The molecule has 0 aliphatic rings. The number of benzene rings is 2. The van der Waals surface area contributed by atoms with Gasteiger partial charge in [0.2, 0.25) is 0 Å². The fraction of sp³-hybridized carbons (Fsp3) is 0.176. The maximum atomic E-state index is 12.3. The van der Waals surface area contributed by atoms with Gasteiger partial charge in [-0.2, -0.15) is 0 Å². The number of carboxylic acids is 1. The predicted octanol–water partition coefficient (Wildman–Crippen LogP) is 3.68. The topological polar surface area (TPSA) is 54.4 Å². The fourth-order valence-electron chi connectivity index (χ4n) is 1.98. The number of carbonyl (C=O) groups is 2. The second-order valence-corrected chi connectivity index (χ2v) is 6.09. The molecule has 4 heteroatoms. The smallest absolute Gasteiger partial charge is 0.335 e. The van der Waals surface area contributed by atoms with Gasteiger partial charge < -0.3 is 5.11 Å². The van der Waals surface area contributed by atoms with E-state index in [-0.39, 0.29) is 23.0 Å². The van der Waals surface area contributed by atoms with Crippen molar-refractivity contribution in [2.45, 2.75) is 23.5 Å². The van der Waals surface area contributed by atoms with Gasteiger partial charge in [0, 0.05) is 11.3 Å². The van der Waals surface area contributed by atoms with E-state index in [2.05, 4.69) is 0 Å². The van der Waals surface area contributed by atoms with E-state index in [9.17, 15) is 9.59 Å². The highest BCUT2D eigenvalue weighted by Crippen LogP contribution is 2.24. The Labute approximate surface area is 128 Å². The van der Waals surface area contributed by atoms with Gasteiger partial charge in [0.1, 0.15) is 5.78 Å². The molecule has 1 N–H and O–H groups in total. The summed E-state index contributed by atoms with van der Waals surface area (Å²) in [4.78, 5) is 24.5. The van der Waals surface area contributed by atoms with Gasteiger partial charge in [-0.25, -0.2) is 4.79 Å². The summed E-state index contributed by atoms with van der Waals surface area (Å²) in [6.45, 7) is 1.85. The van der Waals surface area contributed by atoms with E-state index in [0.717, 1.165) is 4.90 Å². The average Bonchev–Trinajstić information content (AvgIpc) is 2.48. The van der Waals surface area contributed by atoms with Crippen LogP contribution in [-0.2, 0) is 11.2 Å². The molecule has 108 valence electrons. The zero-order valence-corrected chi connectivity index (χ0v) is 12.5. The molecule has 3 nitrogen and oxygen atoms in total. The molecule has 1 unspecified atom stereocenters. The first-order chi connectivity index (χ1) is 10.1. The van der Waals surface area contributed by atoms with E-state index < -0.39 is 5.97 Å². The molecule has 0 bridgehead atoms. The molecule has 2 aromatic rings. The largest absolute Gasteiger partial charge is 0.478 e. The van der Waals surface area contributed by atoms with Crippen LogP contribution in [0.2, 0.25) is 0 Å². The minimum atomic E-state index is -0.998. The van der Waals surface area contributed by atoms with E-state index in [1.807, 2.05) is 37.3 Å². The molecule has 21 heavy (non-hydrogen) atoms. The Hall–Kier alpha value is -2.07. The van der Waals surface area contributed by atoms with Crippen molar-refractivity contribution in [3.8, 4) is 0 Å². The second kappa shape index (κ2) is 7.09. The van der Waals surface area contributed by atoms with Crippen LogP contribution < -0.4 is 0 Å². The second-order valence-electron chi connectivity index (χ2n) is 4.68. The third-order valence-electron chi connectivity index (χ3n) is 3.12. The molecular weight excluding hydrogens is 284 g/mol. The molecule has 0 aliphatic heterocycles. The highest BCUT2D eigenvalue weighted by Gasteiger charge is 2.18. The van der Waals surface area contributed by atoms with Crippen LogP contribution in [0.1, 0.15) is 22.8 Å². The molecule has 0 aliphatic carbocycles. The van der Waals surface area contributed by atoms with Crippen LogP contribution in [0, 0.1) is 0 Å². The number of thioether (sulfide) groups is 1. The Kier molecular flexibility index (Phi) is 5.17. The van der Waals surface area contributed by atoms with Crippen LogP contribution in [0.15, 0.2) is 59.5 Å². The first kappa shape index (κ1) is 15.3. The number of aromatic carboxylic acids is 1. The van der Waals surface area contributed by atoms with E-state index in [1.54, 1.807) is 18.2 Å². The van der Waals surface area contributed by atoms with Crippen LogP contribution >= 0.6 is 11.8 Å². The summed E-state index contributed by atoms with van der Waals surface area (Å²) >= 11 is 1.49. The summed E-state index contributed by atoms with van der Waals surface area (Å²) in [5.74, 6) is -0.973. The molecule has 0 aromatic heterocycles. The highest BCUT2D eigenvalue weighted by molar-refractivity contribution is 8.00. The van der Waals surface area contributed by atoms with Crippen molar-refractivity contribution in [1.29, 1.82) is 0 Å². The van der Waals surface area contributed by atoms with Crippen LogP contribution in [0.3, 0.4) is 0 Å². The van der Waals surface area contributed by atoms with Crippen LogP contribution in [0.4, 0.5) is 0 Å². The number of rotatable bonds is 6. The highest BCUT2D eigenvalue weighted by atomic mass is 32.2. The minimum Gasteiger partial charge on any atom is -0.478 e. The zero-order chi connectivity index (χ0) is 15.2. The summed E-state index contributed by atoms with van der Waals surface area (Å²) in [6.07, 6.45) is 0.142. The Morgan fingerprint density at radius 3 is 2.33 bits per heavy atom. The molecule has 0 heterocycles. The Morgan fingerprint density at radius 1 is 1.05 bits per heavy atom. The van der Waals surface area contributed by atoms with Gasteiger partial charge in [0.15, 0.2) is 0 Å². The van der Waals surface area contributed by atoms with Crippen LogP contribution in [0.5, 0.6) is 0 Å². The molecule has 0 saturated heterocycles. The van der Waals surface area contributed by atoms with Crippen LogP contribution in [-0.4, -0.2) is 22.1 Å². The molecular formula is C17H16O3S. The quantitative estimate of drug-likeness (QED) is 0.827. The molecule has 2 aromatic carbocycles. The lowest BCUT2D eigenvalue weighted by molar-refractivity contribution is -0.117. The lowest BCUT2D eigenvalue weighted by Crippen LogP contribution is -2.17. The van der Waals surface area contributed by atoms with E-state index in [0.29, 0.717) is 5.56 Å². The van der Waals surface area contributed by atoms with Crippen molar-refractivity contribution >= 4 is 23.5 Å². The van der Waals surface area contributed by atoms with Crippen molar-refractivity contribution in [1.82, 2.24) is 0 Å². The Balaban J connectivity index is 2.06. The first-order valence-electron chi connectivity index (χ1n) is 6.63. The lowest BCUT2D eigenvalue weighted by Gasteiger charge is -2.11. The molecule has 2 rings (SSSR count). The summed E-state index contributed by atoms with van der Waals surface area (Å²) in [6, 6.07) is 16.3. The maximum absolute atomic E-state index is 12.3. The monoisotopic (exact) mass is 300 g/mol. The van der Waals surface area contributed by atoms with E-state index in [4.69, 9.17) is 5.11 Å². The number of ketones is 1. The van der Waals surface area contributed by atoms with Gasteiger partial charge in [-0.15, -0.1) is 11.8 Å². The molecule has 0 radical (unpaired) electrons. The molecule has 0 fully saturated rings. The summed E-state index contributed by atoms with van der Waals surface area (Å²) in [7, 11) is 0. The number of carbonyl (C=O) groups excluding carboxylic acids is 1. The van der Waals surface area contributed by atoms with Crippen molar-refractivity contribution in [2.24, 2.45) is 0 Å². The van der Waals surface area contributed by atoms with E-state index >= 15 is 0 Å². The Morgan fingerprint density at radius 2 is 1.67 bits per heavy atom. The van der Waals surface area contributed by atoms with Gasteiger partial charge >= 0.3 is 5.97 Å². The summed E-state index contributed by atoms with van der Waals surface area (Å²) in [5, 5.41) is 8.92. The first-order valence-corrected chi connectivity index (χ1v) is 7.51. The van der Waals surface area contributed by atoms with Crippen molar-refractivity contribution in [3.05, 3.63) is 65.7 Å². The summed E-state index contributed by atoms with van der Waals surface area (Å²) in [5.41, 5.74) is 0.762. The lowest BCUT2D eigenvalue weighted by atomic mass is 10.0. The van der Waals surface area contributed by atoms with Gasteiger partial charge in [0.05, 0.1) is 10.8 Å². The van der Waals surface area contributed by atoms with Crippen molar-refractivity contribution in [2.75, 3.05) is 0 Å². The van der Waals surface area contributed by atoms with Crippen molar-refractivity contribution in [3.63, 3.8) is 0 Å². The van der Waals surface area contributed by atoms with Crippen LogP contribution in [0.25, 0.3) is 0 Å². The maximum Gasteiger partial charge on any atom is 0.335 e. The number of hydrogen-bond donors (Lipinski definition) is 1. The minimum absolute atomic E-state index is 0.0255. The number of hydrogen-bond acceptors (Lipinski definition) is 3. The van der Waals surface area contributed by atoms with Gasteiger partial charge in [-0.1, -0.05) is 36.4 Å². The molecule has 0 amide bonds. The van der Waals surface area contributed by atoms with Gasteiger partial charge in [-0.05, 0) is 30.7 Å². The normalized spacial score (nSPS) is 11.9. The molecule has 0 saturated carbocycles. The third-order valence-corrected chi connectivity index (χ3v) is 4.28. The third kappa shape index (κ3) is 4.20. The summed E-state index contributed by atoms with van der Waals surface area (Å²) < 4.78 is 0. The predicted molar refractivity (Wildman–Crippen MR) is 83.9 cm³/mol. The zero-order valence-electron chi connectivity index (χ0n) is 11.7. The van der Waals surface area contributed by atoms with E-state index in [1.165, 1.54) is 17.8 Å². The van der Waals surface area contributed by atoms with Gasteiger partial charge in [0.25, 0.3) is 0 Å². The average molecular weight is 300 g/mol. The number of Topliss-reactive ketones (excluding diaryl/α,β-unsaturated/α-hetero) is 1.